The number of nitrogens with zero attached hydrogens (tertiary/aromatic N) is 1. The summed E-state index contributed by atoms with van der Waals surface area (Å²) >= 11 is 0. The highest BCUT2D eigenvalue weighted by atomic mass is 19.1. The fourth-order valence-corrected chi connectivity index (χ4v) is 2.91. The molecule has 1 unspecified atom stereocenters. The molecule has 1 aromatic carbocycles. The Balaban J connectivity index is 1.92. The highest BCUT2D eigenvalue weighted by molar-refractivity contribution is 5.79. The Morgan fingerprint density at radius 2 is 2.21 bits per heavy atom. The first-order valence-corrected chi connectivity index (χ1v) is 8.49. The molecule has 0 saturated carbocycles. The fourth-order valence-electron chi connectivity index (χ4n) is 2.91. The number of hydrogen-bond donors (Lipinski definition) is 2. The van der Waals surface area contributed by atoms with Gasteiger partial charge >= 0.3 is 0 Å². The van der Waals surface area contributed by atoms with Crippen molar-refractivity contribution < 1.29 is 14.0 Å². The van der Waals surface area contributed by atoms with Crippen LogP contribution in [0.1, 0.15) is 38.3 Å². The average molecular weight is 335 g/mol. The second-order valence-corrected chi connectivity index (χ2v) is 6.56. The molecular formula is C18H26FN3O2. The Bertz CT molecular complexity index is 577. The third kappa shape index (κ3) is 5.30. The van der Waals surface area contributed by atoms with Gasteiger partial charge in [-0.3, -0.25) is 9.59 Å². The van der Waals surface area contributed by atoms with Gasteiger partial charge < -0.3 is 15.5 Å². The number of nitrogens with one attached hydrogen (secondary N) is 2. The summed E-state index contributed by atoms with van der Waals surface area (Å²) in [6.07, 6.45) is 0.726. The lowest BCUT2D eigenvalue weighted by Gasteiger charge is -2.36. The zero-order valence-electron chi connectivity index (χ0n) is 14.3. The molecule has 1 aliphatic heterocycles. The summed E-state index contributed by atoms with van der Waals surface area (Å²) in [6.45, 7) is 6.21. The van der Waals surface area contributed by atoms with Crippen molar-refractivity contribution in [2.45, 2.75) is 32.7 Å². The maximum absolute atomic E-state index is 13.5. The van der Waals surface area contributed by atoms with Crippen molar-refractivity contribution in [3.63, 3.8) is 0 Å². The highest BCUT2D eigenvalue weighted by Gasteiger charge is 2.27. The Kier molecular flexibility index (Phi) is 6.73. The van der Waals surface area contributed by atoms with Crippen LogP contribution in [-0.4, -0.2) is 42.9 Å². The van der Waals surface area contributed by atoms with Gasteiger partial charge in [-0.2, -0.15) is 0 Å². The van der Waals surface area contributed by atoms with Crippen LogP contribution in [0, 0.1) is 11.7 Å². The number of hydrogen-bond acceptors (Lipinski definition) is 3. The van der Waals surface area contributed by atoms with Gasteiger partial charge in [-0.15, -0.1) is 0 Å². The molecule has 2 rings (SSSR count). The van der Waals surface area contributed by atoms with Crippen LogP contribution in [0.25, 0.3) is 0 Å². The lowest BCUT2D eigenvalue weighted by atomic mass is 10.0. The molecule has 24 heavy (non-hydrogen) atoms. The second kappa shape index (κ2) is 8.78. The second-order valence-electron chi connectivity index (χ2n) is 6.56. The van der Waals surface area contributed by atoms with Gasteiger partial charge in [0.25, 0.3) is 0 Å². The molecule has 1 aliphatic rings. The summed E-state index contributed by atoms with van der Waals surface area (Å²) in [7, 11) is 0. The predicted molar refractivity (Wildman–Crippen MR) is 90.8 cm³/mol. The van der Waals surface area contributed by atoms with Crippen LogP contribution in [0.15, 0.2) is 24.3 Å². The maximum atomic E-state index is 13.5. The third-order valence-corrected chi connectivity index (χ3v) is 4.05. The van der Waals surface area contributed by atoms with Crippen molar-refractivity contribution in [3.8, 4) is 0 Å². The molecule has 132 valence electrons. The van der Waals surface area contributed by atoms with E-state index in [2.05, 4.69) is 10.6 Å². The summed E-state index contributed by atoms with van der Waals surface area (Å²) < 4.78 is 13.5. The minimum atomic E-state index is -0.300. The number of piperazine rings is 1. The average Bonchev–Trinajstić information content (AvgIpc) is 2.54. The molecule has 0 aliphatic carbocycles. The van der Waals surface area contributed by atoms with Gasteiger partial charge in [0.1, 0.15) is 5.82 Å². The minimum Gasteiger partial charge on any atom is -0.356 e. The van der Waals surface area contributed by atoms with Gasteiger partial charge in [-0.05, 0) is 23.6 Å². The van der Waals surface area contributed by atoms with Gasteiger partial charge in [0.05, 0.1) is 6.04 Å². The first kappa shape index (κ1) is 18.4. The van der Waals surface area contributed by atoms with E-state index in [0.29, 0.717) is 32.0 Å². The van der Waals surface area contributed by atoms with Crippen molar-refractivity contribution >= 4 is 11.8 Å². The summed E-state index contributed by atoms with van der Waals surface area (Å²) in [5.74, 6) is -0.0481. The standard InChI is InChI=1S/C18H26FN3O2/c1-13(2)10-17(23)21-7-6-18(24)22-9-8-20-12-16(22)14-4-3-5-15(19)11-14/h3-5,11,13,16,20H,6-10,12H2,1-2H3,(H,21,23). The SMILES string of the molecule is CC(C)CC(=O)NCCC(=O)N1CCNCC1c1cccc(F)c1. The van der Waals surface area contributed by atoms with Gasteiger partial charge in [0, 0.05) is 39.0 Å². The van der Waals surface area contributed by atoms with E-state index in [0.717, 1.165) is 12.1 Å². The molecule has 5 nitrogen and oxygen atoms in total. The van der Waals surface area contributed by atoms with Crippen LogP contribution in [0.2, 0.25) is 0 Å². The van der Waals surface area contributed by atoms with Crippen molar-refractivity contribution in [2.24, 2.45) is 5.92 Å². The molecular weight excluding hydrogens is 309 g/mol. The van der Waals surface area contributed by atoms with E-state index >= 15 is 0 Å². The molecule has 0 bridgehead atoms. The van der Waals surface area contributed by atoms with E-state index in [1.807, 2.05) is 19.9 Å². The summed E-state index contributed by atoms with van der Waals surface area (Å²) in [6, 6.07) is 6.20. The number of carbonyl (C=O) groups excluding carboxylic acids is 2. The molecule has 1 aromatic rings. The molecule has 0 radical (unpaired) electrons. The molecule has 6 heteroatoms. The zero-order chi connectivity index (χ0) is 17.5. The molecule has 1 fully saturated rings. The van der Waals surface area contributed by atoms with Crippen molar-refractivity contribution in [2.75, 3.05) is 26.2 Å². The molecule has 2 N–H and O–H groups in total. The first-order chi connectivity index (χ1) is 11.5. The van der Waals surface area contributed by atoms with E-state index in [1.54, 1.807) is 11.0 Å². The van der Waals surface area contributed by atoms with Gasteiger partial charge in [-0.25, -0.2) is 4.39 Å². The number of carbonyl (C=O) groups is 2. The van der Waals surface area contributed by atoms with Gasteiger partial charge in [0.15, 0.2) is 0 Å². The van der Waals surface area contributed by atoms with Gasteiger partial charge in [0.2, 0.25) is 11.8 Å². The largest absolute Gasteiger partial charge is 0.356 e. The number of benzene rings is 1. The minimum absolute atomic E-state index is 0.0180. The molecule has 1 heterocycles. The lowest BCUT2D eigenvalue weighted by Crippen LogP contribution is -2.49. The number of amides is 2. The Morgan fingerprint density at radius 3 is 2.92 bits per heavy atom. The van der Waals surface area contributed by atoms with Crippen LogP contribution in [-0.2, 0) is 9.59 Å². The van der Waals surface area contributed by atoms with E-state index in [1.165, 1.54) is 12.1 Å². The Morgan fingerprint density at radius 1 is 1.42 bits per heavy atom. The summed E-state index contributed by atoms with van der Waals surface area (Å²) in [5, 5.41) is 6.03. The van der Waals surface area contributed by atoms with E-state index in [9.17, 15) is 14.0 Å². The Hall–Kier alpha value is -1.95. The number of halogens is 1. The number of rotatable bonds is 6. The lowest BCUT2D eigenvalue weighted by molar-refractivity contribution is -0.134. The van der Waals surface area contributed by atoms with E-state index < -0.39 is 0 Å². The van der Waals surface area contributed by atoms with Crippen molar-refractivity contribution in [1.82, 2.24) is 15.5 Å². The smallest absolute Gasteiger partial charge is 0.224 e. The topological polar surface area (TPSA) is 61.4 Å². The summed E-state index contributed by atoms with van der Waals surface area (Å²) in [5.41, 5.74) is 0.791. The van der Waals surface area contributed by atoms with E-state index in [-0.39, 0.29) is 30.1 Å². The maximum Gasteiger partial charge on any atom is 0.224 e. The molecule has 1 atom stereocenters. The Labute approximate surface area is 142 Å². The summed E-state index contributed by atoms with van der Waals surface area (Å²) in [4.78, 5) is 25.9. The monoisotopic (exact) mass is 335 g/mol. The predicted octanol–water partition coefficient (Wildman–Crippen LogP) is 1.85. The highest BCUT2D eigenvalue weighted by Crippen LogP contribution is 2.23. The van der Waals surface area contributed by atoms with Crippen molar-refractivity contribution in [1.29, 1.82) is 0 Å². The van der Waals surface area contributed by atoms with Crippen LogP contribution < -0.4 is 10.6 Å². The zero-order valence-corrected chi connectivity index (χ0v) is 14.3. The third-order valence-electron chi connectivity index (χ3n) is 4.05. The van der Waals surface area contributed by atoms with Crippen molar-refractivity contribution in [3.05, 3.63) is 35.6 Å². The van der Waals surface area contributed by atoms with Crippen LogP contribution in [0.5, 0.6) is 0 Å². The van der Waals surface area contributed by atoms with Gasteiger partial charge in [-0.1, -0.05) is 26.0 Å². The van der Waals surface area contributed by atoms with E-state index in [4.69, 9.17) is 0 Å². The first-order valence-electron chi connectivity index (χ1n) is 8.49. The molecule has 0 aromatic heterocycles. The molecule has 1 saturated heterocycles. The quantitative estimate of drug-likeness (QED) is 0.834. The normalized spacial score (nSPS) is 17.8. The molecule has 0 spiro atoms. The van der Waals surface area contributed by atoms with Crippen LogP contribution in [0.4, 0.5) is 4.39 Å². The van der Waals surface area contributed by atoms with Crippen LogP contribution >= 0.6 is 0 Å². The molecule has 2 amide bonds. The van der Waals surface area contributed by atoms with Crippen LogP contribution in [0.3, 0.4) is 0 Å². The fraction of sp³-hybridized carbons (Fsp3) is 0.556.